The summed E-state index contributed by atoms with van der Waals surface area (Å²) in [7, 11) is 0. The molecular weight excluding hydrogens is 273 g/mol. The van der Waals surface area contributed by atoms with E-state index in [0.717, 1.165) is 36.4 Å². The molecule has 0 aliphatic rings. The third-order valence-corrected chi connectivity index (χ3v) is 3.98. The van der Waals surface area contributed by atoms with E-state index in [4.69, 9.17) is 0 Å². The fourth-order valence-corrected chi connectivity index (χ4v) is 2.98. The quantitative estimate of drug-likeness (QED) is 0.845. The van der Waals surface area contributed by atoms with Crippen LogP contribution in [0.4, 0.5) is 4.39 Å². The van der Waals surface area contributed by atoms with Crippen LogP contribution in [0.5, 0.6) is 0 Å². The summed E-state index contributed by atoms with van der Waals surface area (Å²) in [6.45, 7) is 5.05. The third kappa shape index (κ3) is 3.41. The van der Waals surface area contributed by atoms with Gasteiger partial charge in [0.2, 0.25) is 0 Å². The maximum absolute atomic E-state index is 14.1. The van der Waals surface area contributed by atoms with E-state index in [2.05, 4.69) is 28.8 Å². The van der Waals surface area contributed by atoms with Crippen LogP contribution in [0.15, 0.2) is 24.3 Å². The molecular formula is C15H20FN3S. The average molecular weight is 293 g/mol. The van der Waals surface area contributed by atoms with Gasteiger partial charge < -0.3 is 5.32 Å². The molecule has 0 fully saturated rings. The van der Waals surface area contributed by atoms with Gasteiger partial charge in [-0.3, -0.25) is 0 Å². The second-order valence-electron chi connectivity index (χ2n) is 4.74. The maximum atomic E-state index is 14.1. The van der Waals surface area contributed by atoms with Crippen LogP contribution in [0.2, 0.25) is 0 Å². The van der Waals surface area contributed by atoms with Gasteiger partial charge in [0, 0.05) is 5.56 Å². The zero-order valence-corrected chi connectivity index (χ0v) is 12.7. The monoisotopic (exact) mass is 293 g/mol. The van der Waals surface area contributed by atoms with Gasteiger partial charge in [0.15, 0.2) is 0 Å². The van der Waals surface area contributed by atoms with Crippen LogP contribution >= 0.6 is 11.5 Å². The van der Waals surface area contributed by atoms with Crippen molar-refractivity contribution in [1.29, 1.82) is 0 Å². The highest BCUT2D eigenvalue weighted by molar-refractivity contribution is 7.05. The van der Waals surface area contributed by atoms with Gasteiger partial charge in [-0.05, 0) is 37.0 Å². The number of rotatable bonds is 7. The van der Waals surface area contributed by atoms with Crippen molar-refractivity contribution in [1.82, 2.24) is 14.9 Å². The molecule has 0 saturated heterocycles. The van der Waals surface area contributed by atoms with Gasteiger partial charge in [0.05, 0.1) is 16.6 Å². The van der Waals surface area contributed by atoms with Gasteiger partial charge in [-0.2, -0.15) is 0 Å². The molecule has 1 heterocycles. The molecule has 0 amide bonds. The van der Waals surface area contributed by atoms with Crippen molar-refractivity contribution in [3.63, 3.8) is 0 Å². The van der Waals surface area contributed by atoms with Gasteiger partial charge in [0.1, 0.15) is 5.82 Å². The molecule has 1 aromatic heterocycles. The lowest BCUT2D eigenvalue weighted by Crippen LogP contribution is -2.24. The highest BCUT2D eigenvalue weighted by Gasteiger charge is 2.22. The number of hydrogen-bond donors (Lipinski definition) is 1. The standard InChI is InChI=1S/C15H20FN3S/c1-3-7-13-15(20-19-18-13)14(17-10-4-2)11-8-5-6-9-12(11)16/h5-6,8-9,14,17H,3-4,7,10H2,1-2H3. The molecule has 5 heteroatoms. The van der Waals surface area contributed by atoms with E-state index in [1.54, 1.807) is 6.07 Å². The molecule has 108 valence electrons. The average Bonchev–Trinajstić information content (AvgIpc) is 2.90. The fourth-order valence-electron chi connectivity index (χ4n) is 2.19. The fraction of sp³-hybridized carbons (Fsp3) is 0.467. The Morgan fingerprint density at radius 2 is 2.05 bits per heavy atom. The Morgan fingerprint density at radius 3 is 2.75 bits per heavy atom. The second kappa shape index (κ2) is 7.45. The molecule has 20 heavy (non-hydrogen) atoms. The number of halogens is 1. The van der Waals surface area contributed by atoms with Crippen molar-refractivity contribution in [3.05, 3.63) is 46.2 Å². The molecule has 0 saturated carbocycles. The lowest BCUT2D eigenvalue weighted by Gasteiger charge is -2.18. The van der Waals surface area contributed by atoms with Crippen molar-refractivity contribution in [3.8, 4) is 0 Å². The van der Waals surface area contributed by atoms with E-state index in [9.17, 15) is 4.39 Å². The Hall–Kier alpha value is -1.33. The predicted octanol–water partition coefficient (Wildman–Crippen LogP) is 3.72. The number of nitrogens with one attached hydrogen (secondary N) is 1. The van der Waals surface area contributed by atoms with Gasteiger partial charge in [-0.15, -0.1) is 5.10 Å². The lowest BCUT2D eigenvalue weighted by molar-refractivity contribution is 0.548. The van der Waals surface area contributed by atoms with Gasteiger partial charge >= 0.3 is 0 Å². The molecule has 0 spiro atoms. The predicted molar refractivity (Wildman–Crippen MR) is 80.4 cm³/mol. The minimum absolute atomic E-state index is 0.155. The molecule has 1 atom stereocenters. The Kier molecular flexibility index (Phi) is 5.61. The number of aryl methyl sites for hydroxylation is 1. The first-order valence-electron chi connectivity index (χ1n) is 7.06. The van der Waals surface area contributed by atoms with Crippen LogP contribution in [0.25, 0.3) is 0 Å². The summed E-state index contributed by atoms with van der Waals surface area (Å²) in [5.74, 6) is -0.183. The van der Waals surface area contributed by atoms with Crippen LogP contribution in [-0.2, 0) is 6.42 Å². The molecule has 0 aliphatic heterocycles. The van der Waals surface area contributed by atoms with Crippen molar-refractivity contribution in [2.45, 2.75) is 39.2 Å². The number of hydrogen-bond acceptors (Lipinski definition) is 4. The summed E-state index contributed by atoms with van der Waals surface area (Å²) in [5.41, 5.74) is 1.65. The van der Waals surface area contributed by atoms with Gasteiger partial charge in [0.25, 0.3) is 0 Å². The minimum Gasteiger partial charge on any atom is -0.305 e. The first-order chi connectivity index (χ1) is 9.77. The zero-order chi connectivity index (χ0) is 14.4. The molecule has 1 unspecified atom stereocenters. The van der Waals surface area contributed by atoms with Crippen molar-refractivity contribution < 1.29 is 4.39 Å². The van der Waals surface area contributed by atoms with Crippen molar-refractivity contribution in [2.24, 2.45) is 0 Å². The third-order valence-electron chi connectivity index (χ3n) is 3.15. The van der Waals surface area contributed by atoms with E-state index in [-0.39, 0.29) is 11.9 Å². The largest absolute Gasteiger partial charge is 0.305 e. The summed E-state index contributed by atoms with van der Waals surface area (Å²) in [6, 6.07) is 6.76. The maximum Gasteiger partial charge on any atom is 0.128 e. The minimum atomic E-state index is -0.183. The number of nitrogens with zero attached hydrogens (tertiary/aromatic N) is 2. The Labute approximate surface area is 123 Å². The molecule has 0 radical (unpaired) electrons. The van der Waals surface area contributed by atoms with E-state index in [0.29, 0.717) is 5.56 Å². The number of benzene rings is 1. The van der Waals surface area contributed by atoms with Gasteiger partial charge in [-0.1, -0.05) is 43.0 Å². The summed E-state index contributed by atoms with van der Waals surface area (Å²) in [4.78, 5) is 1.03. The first-order valence-corrected chi connectivity index (χ1v) is 7.84. The highest BCUT2D eigenvalue weighted by atomic mass is 32.1. The molecule has 0 bridgehead atoms. The molecule has 1 aromatic carbocycles. The molecule has 2 rings (SSSR count). The summed E-state index contributed by atoms with van der Waals surface area (Å²) >= 11 is 1.36. The van der Waals surface area contributed by atoms with E-state index >= 15 is 0 Å². The SMILES string of the molecule is CCCNC(c1ccccc1F)c1snnc1CCC. The number of aromatic nitrogens is 2. The molecule has 2 aromatic rings. The topological polar surface area (TPSA) is 37.8 Å². The Balaban J connectivity index is 2.37. The van der Waals surface area contributed by atoms with Crippen LogP contribution in [0.3, 0.4) is 0 Å². The molecule has 0 aliphatic carbocycles. The lowest BCUT2D eigenvalue weighted by atomic mass is 10.0. The highest BCUT2D eigenvalue weighted by Crippen LogP contribution is 2.29. The van der Waals surface area contributed by atoms with Crippen LogP contribution in [-0.4, -0.2) is 16.1 Å². The van der Waals surface area contributed by atoms with Gasteiger partial charge in [-0.25, -0.2) is 4.39 Å². The van der Waals surface area contributed by atoms with E-state index < -0.39 is 0 Å². The van der Waals surface area contributed by atoms with Crippen LogP contribution in [0, 0.1) is 5.82 Å². The summed E-state index contributed by atoms with van der Waals surface area (Å²) in [6.07, 6.45) is 2.89. The smallest absolute Gasteiger partial charge is 0.128 e. The Bertz CT molecular complexity index is 541. The first kappa shape index (κ1) is 15.1. The zero-order valence-electron chi connectivity index (χ0n) is 11.9. The molecule has 1 N–H and O–H groups in total. The van der Waals surface area contributed by atoms with Crippen LogP contribution in [0.1, 0.15) is 48.9 Å². The van der Waals surface area contributed by atoms with E-state index in [1.165, 1.54) is 17.6 Å². The normalized spacial score (nSPS) is 12.6. The second-order valence-corrected chi connectivity index (χ2v) is 5.53. The Morgan fingerprint density at radius 1 is 1.25 bits per heavy atom. The van der Waals surface area contributed by atoms with Crippen molar-refractivity contribution >= 4 is 11.5 Å². The summed E-state index contributed by atoms with van der Waals surface area (Å²) in [5, 5.41) is 7.61. The van der Waals surface area contributed by atoms with Crippen molar-refractivity contribution in [2.75, 3.05) is 6.54 Å². The summed E-state index contributed by atoms with van der Waals surface area (Å²) < 4.78 is 18.2. The molecule has 3 nitrogen and oxygen atoms in total. The van der Waals surface area contributed by atoms with E-state index in [1.807, 2.05) is 12.1 Å². The van der Waals surface area contributed by atoms with Crippen LogP contribution < -0.4 is 5.32 Å².